The molecule has 1 unspecified atom stereocenters. The molecule has 0 aromatic heterocycles. The summed E-state index contributed by atoms with van der Waals surface area (Å²) in [5.74, 6) is -6.07. The zero-order chi connectivity index (χ0) is 38.3. The highest BCUT2D eigenvalue weighted by Crippen LogP contribution is 2.33. The van der Waals surface area contributed by atoms with Crippen molar-refractivity contribution in [3.63, 3.8) is 0 Å². The van der Waals surface area contributed by atoms with Gasteiger partial charge in [-0.15, -0.1) is 0 Å². The predicted octanol–water partition coefficient (Wildman–Crippen LogP) is 1.44. The Bertz CT molecular complexity index is 1740. The molecule has 15 heteroatoms. The summed E-state index contributed by atoms with van der Waals surface area (Å²) in [6.45, 7) is 6.65. The highest BCUT2D eigenvalue weighted by atomic mass is 16.4. The first kappa shape index (κ1) is 39.2. The van der Waals surface area contributed by atoms with Crippen molar-refractivity contribution in [2.75, 3.05) is 11.4 Å². The normalized spacial score (nSPS) is 17.9. The molecule has 0 saturated heterocycles. The van der Waals surface area contributed by atoms with E-state index >= 15 is 0 Å². The molecular weight excluding hydrogens is 674 g/mol. The van der Waals surface area contributed by atoms with Gasteiger partial charge in [0.15, 0.2) is 0 Å². The number of para-hydroxylation sites is 1. The second-order valence-electron chi connectivity index (χ2n) is 13.6. The maximum Gasteiger partial charge on any atom is 0.305 e. The number of carboxylic acid groups (broad SMARTS) is 2. The minimum Gasteiger partial charge on any atom is -0.481 e. The molecule has 52 heavy (non-hydrogen) atoms. The monoisotopic (exact) mass is 719 g/mol. The zero-order valence-electron chi connectivity index (χ0n) is 29.6. The lowest BCUT2D eigenvalue weighted by atomic mass is 9.89. The van der Waals surface area contributed by atoms with Gasteiger partial charge in [-0.05, 0) is 54.9 Å². The van der Waals surface area contributed by atoms with E-state index in [2.05, 4.69) is 16.0 Å². The molecule has 15 nitrogen and oxygen atoms in total. The standard InChI is InChI=1S/C37H45N5O10/c1-20(2)32(37(52)41-15-14-23-16-21(3)12-13-26(23)33(41)36(51)38-25(19-43)18-31(47)48)40-34(49)27(9-7-11-30(45)46)39-35(50)29-17-24-8-5-6-10-28(24)42(29)22(4)44/h5-6,8,10,12-13,16,19-20,25,27,29,32-33H,7,9,11,14-15,17-18H2,1-4H3,(H,38,51)(H,39,50)(H,40,49)(H,45,46)(H,47,48)/t25-,27-,29-,32-,33?/m0/s1. The molecule has 4 rings (SSSR count). The van der Waals surface area contributed by atoms with Crippen LogP contribution in [0, 0.1) is 12.8 Å². The fourth-order valence-corrected chi connectivity index (χ4v) is 6.78. The van der Waals surface area contributed by atoms with E-state index in [1.165, 1.54) is 16.7 Å². The van der Waals surface area contributed by atoms with Crippen LogP contribution >= 0.6 is 0 Å². The van der Waals surface area contributed by atoms with Crippen molar-refractivity contribution in [2.45, 2.75) is 96.4 Å². The molecule has 2 aromatic rings. The SMILES string of the molecule is CC(=O)N1c2ccccc2C[C@H]1C(=O)N[C@@H](CCCC(=O)O)C(=O)N[C@H](C(=O)N1CCc2cc(C)ccc2C1C(=O)N[C@H](C=O)CC(=O)O)C(C)C. The van der Waals surface area contributed by atoms with Crippen LogP contribution < -0.4 is 20.9 Å². The third kappa shape index (κ3) is 9.19. The number of amides is 5. The zero-order valence-corrected chi connectivity index (χ0v) is 29.6. The molecule has 0 saturated carbocycles. The first-order valence-electron chi connectivity index (χ1n) is 17.2. The largest absolute Gasteiger partial charge is 0.481 e. The number of hydrogen-bond donors (Lipinski definition) is 5. The van der Waals surface area contributed by atoms with E-state index in [0.29, 0.717) is 24.0 Å². The van der Waals surface area contributed by atoms with Crippen LogP contribution in [0.25, 0.3) is 0 Å². The van der Waals surface area contributed by atoms with Gasteiger partial charge in [-0.1, -0.05) is 55.8 Å². The highest BCUT2D eigenvalue weighted by molar-refractivity contribution is 6.03. The Kier molecular flexibility index (Phi) is 12.9. The highest BCUT2D eigenvalue weighted by Gasteiger charge is 2.42. The van der Waals surface area contributed by atoms with Gasteiger partial charge in [0.25, 0.3) is 0 Å². The van der Waals surface area contributed by atoms with Crippen molar-refractivity contribution in [1.29, 1.82) is 0 Å². The van der Waals surface area contributed by atoms with Gasteiger partial charge in [0.1, 0.15) is 30.5 Å². The molecule has 0 fully saturated rings. The van der Waals surface area contributed by atoms with Crippen LogP contribution in [0.3, 0.4) is 0 Å². The van der Waals surface area contributed by atoms with E-state index in [4.69, 9.17) is 0 Å². The molecule has 0 aliphatic carbocycles. The Morgan fingerprint density at radius 1 is 0.923 bits per heavy atom. The van der Waals surface area contributed by atoms with Crippen molar-refractivity contribution < 1.29 is 48.6 Å². The number of aryl methyl sites for hydroxylation is 1. The number of hydrogen-bond acceptors (Lipinski definition) is 8. The van der Waals surface area contributed by atoms with Gasteiger partial charge >= 0.3 is 11.9 Å². The summed E-state index contributed by atoms with van der Waals surface area (Å²) in [6.07, 6.45) is -0.111. The minimum atomic E-state index is -1.35. The van der Waals surface area contributed by atoms with E-state index in [-0.39, 0.29) is 38.1 Å². The fourth-order valence-electron chi connectivity index (χ4n) is 6.78. The molecule has 2 aromatic carbocycles. The predicted molar refractivity (Wildman–Crippen MR) is 187 cm³/mol. The number of aldehydes is 1. The molecular formula is C37H45N5O10. The maximum absolute atomic E-state index is 14.4. The van der Waals surface area contributed by atoms with Gasteiger partial charge < -0.3 is 35.9 Å². The first-order chi connectivity index (χ1) is 24.6. The lowest BCUT2D eigenvalue weighted by Gasteiger charge is -2.39. The van der Waals surface area contributed by atoms with Crippen LogP contribution in [-0.4, -0.2) is 93.6 Å². The second-order valence-corrected chi connectivity index (χ2v) is 13.6. The molecule has 5 N–H and O–H groups in total. The molecule has 2 heterocycles. The van der Waals surface area contributed by atoms with Crippen LogP contribution in [0.5, 0.6) is 0 Å². The molecule has 5 amide bonds. The van der Waals surface area contributed by atoms with Gasteiger partial charge in [0, 0.05) is 32.0 Å². The van der Waals surface area contributed by atoms with Crippen LogP contribution in [-0.2, 0) is 51.2 Å². The maximum atomic E-state index is 14.4. The summed E-state index contributed by atoms with van der Waals surface area (Å²) >= 11 is 0. The van der Waals surface area contributed by atoms with Crippen molar-refractivity contribution in [2.24, 2.45) is 5.92 Å². The third-order valence-corrected chi connectivity index (χ3v) is 9.31. The van der Waals surface area contributed by atoms with E-state index in [9.17, 15) is 48.6 Å². The van der Waals surface area contributed by atoms with Crippen LogP contribution in [0.15, 0.2) is 42.5 Å². The van der Waals surface area contributed by atoms with Crippen molar-refractivity contribution >= 4 is 53.4 Å². The number of fused-ring (bicyclic) bond motifs is 2. The minimum absolute atomic E-state index is 0.0219. The Hall–Kier alpha value is -5.60. The van der Waals surface area contributed by atoms with Crippen LogP contribution in [0.1, 0.15) is 74.8 Å². The average Bonchev–Trinajstić information content (AvgIpc) is 3.48. The molecule has 0 spiro atoms. The quantitative estimate of drug-likeness (QED) is 0.167. The van der Waals surface area contributed by atoms with Crippen molar-refractivity contribution in [3.8, 4) is 0 Å². The summed E-state index contributed by atoms with van der Waals surface area (Å²) < 4.78 is 0. The number of anilines is 1. The summed E-state index contributed by atoms with van der Waals surface area (Å²) in [4.78, 5) is 105. The molecule has 0 bridgehead atoms. The Morgan fingerprint density at radius 2 is 1.63 bits per heavy atom. The fraction of sp³-hybridized carbons (Fsp3) is 0.459. The Balaban J connectivity index is 1.60. The van der Waals surface area contributed by atoms with E-state index < -0.39 is 78.1 Å². The summed E-state index contributed by atoms with van der Waals surface area (Å²) in [6, 6.07) is 6.36. The summed E-state index contributed by atoms with van der Waals surface area (Å²) in [7, 11) is 0. The number of carboxylic acids is 2. The smallest absolute Gasteiger partial charge is 0.305 e. The number of rotatable bonds is 15. The lowest BCUT2D eigenvalue weighted by molar-refractivity contribution is -0.146. The average molecular weight is 720 g/mol. The molecule has 2 aliphatic heterocycles. The summed E-state index contributed by atoms with van der Waals surface area (Å²) in [5, 5.41) is 26.3. The number of carbonyl (C=O) groups excluding carboxylic acids is 6. The van der Waals surface area contributed by atoms with E-state index in [1.807, 2.05) is 13.0 Å². The molecule has 0 radical (unpaired) electrons. The van der Waals surface area contributed by atoms with E-state index in [0.717, 1.165) is 16.7 Å². The second kappa shape index (κ2) is 17.1. The molecule has 5 atom stereocenters. The van der Waals surface area contributed by atoms with Gasteiger partial charge in [-0.3, -0.25) is 38.5 Å². The summed E-state index contributed by atoms with van der Waals surface area (Å²) in [5.41, 5.74) is 3.56. The van der Waals surface area contributed by atoms with Crippen LogP contribution in [0.4, 0.5) is 5.69 Å². The number of carbonyl (C=O) groups is 8. The lowest BCUT2D eigenvalue weighted by Crippen LogP contribution is -2.60. The van der Waals surface area contributed by atoms with Gasteiger partial charge in [-0.2, -0.15) is 0 Å². The number of nitrogens with zero attached hydrogens (tertiary/aromatic N) is 2. The van der Waals surface area contributed by atoms with Gasteiger partial charge in [0.2, 0.25) is 29.5 Å². The Morgan fingerprint density at radius 3 is 2.27 bits per heavy atom. The number of aliphatic carboxylic acids is 2. The topological polar surface area (TPSA) is 220 Å². The first-order valence-corrected chi connectivity index (χ1v) is 17.2. The third-order valence-electron chi connectivity index (χ3n) is 9.31. The van der Waals surface area contributed by atoms with Crippen molar-refractivity contribution in [1.82, 2.24) is 20.9 Å². The van der Waals surface area contributed by atoms with Crippen molar-refractivity contribution in [3.05, 3.63) is 64.7 Å². The molecule has 278 valence electrons. The number of nitrogens with one attached hydrogen (secondary N) is 3. The molecule has 2 aliphatic rings. The van der Waals surface area contributed by atoms with E-state index in [1.54, 1.807) is 50.2 Å². The Labute approximate surface area is 301 Å². The number of benzene rings is 2. The van der Waals surface area contributed by atoms with Crippen LogP contribution in [0.2, 0.25) is 0 Å². The van der Waals surface area contributed by atoms with Gasteiger partial charge in [0.05, 0.1) is 12.5 Å². The van der Waals surface area contributed by atoms with Gasteiger partial charge in [-0.25, -0.2) is 0 Å².